The fourth-order valence-electron chi connectivity index (χ4n) is 1.81. The summed E-state index contributed by atoms with van der Waals surface area (Å²) >= 11 is 5.90. The molecule has 108 valence electrons. The van der Waals surface area contributed by atoms with Crippen LogP contribution in [0.25, 0.3) is 0 Å². The molecular weight excluding hydrogens is 310 g/mol. The van der Waals surface area contributed by atoms with Gasteiger partial charge in [0.2, 0.25) is 10.0 Å². The summed E-state index contributed by atoms with van der Waals surface area (Å²) in [5, 5.41) is 8.88. The largest absolute Gasteiger partial charge is 0.398 e. The van der Waals surface area contributed by atoms with Crippen LogP contribution in [0.4, 0.5) is 5.69 Å². The lowest BCUT2D eigenvalue weighted by Gasteiger charge is -2.10. The molecule has 2 aromatic carbocycles. The van der Waals surface area contributed by atoms with Gasteiger partial charge in [-0.25, -0.2) is 13.1 Å². The van der Waals surface area contributed by atoms with Gasteiger partial charge in [-0.1, -0.05) is 29.8 Å². The fraction of sp³-hybridized carbons (Fsp3) is 0.0714. The Morgan fingerprint density at radius 2 is 1.95 bits per heavy atom. The van der Waals surface area contributed by atoms with Gasteiger partial charge >= 0.3 is 0 Å². The molecule has 0 atom stereocenters. The number of anilines is 1. The molecule has 0 heterocycles. The van der Waals surface area contributed by atoms with Gasteiger partial charge in [-0.05, 0) is 29.8 Å². The Labute approximate surface area is 128 Å². The molecular formula is C14H12ClN3O2S. The predicted molar refractivity (Wildman–Crippen MR) is 81.0 cm³/mol. The number of rotatable bonds is 4. The van der Waals surface area contributed by atoms with Crippen molar-refractivity contribution in [1.29, 1.82) is 5.26 Å². The number of halogens is 1. The minimum absolute atomic E-state index is 0.0442. The van der Waals surface area contributed by atoms with E-state index in [0.29, 0.717) is 11.1 Å². The molecule has 0 aromatic heterocycles. The van der Waals surface area contributed by atoms with Gasteiger partial charge in [0.05, 0.1) is 22.3 Å². The van der Waals surface area contributed by atoms with Crippen LogP contribution in [-0.4, -0.2) is 8.42 Å². The Balaban J connectivity index is 2.24. The summed E-state index contributed by atoms with van der Waals surface area (Å²) in [4.78, 5) is -0.136. The zero-order chi connectivity index (χ0) is 15.5. The zero-order valence-corrected chi connectivity index (χ0v) is 12.4. The highest BCUT2D eigenvalue weighted by atomic mass is 35.5. The molecule has 0 amide bonds. The van der Waals surface area contributed by atoms with E-state index in [4.69, 9.17) is 22.6 Å². The molecule has 0 aliphatic rings. The van der Waals surface area contributed by atoms with Crippen molar-refractivity contribution in [2.24, 2.45) is 0 Å². The molecule has 21 heavy (non-hydrogen) atoms. The molecule has 0 aliphatic heterocycles. The molecule has 0 fully saturated rings. The zero-order valence-electron chi connectivity index (χ0n) is 10.9. The fourth-order valence-corrected chi connectivity index (χ4v) is 3.50. The van der Waals surface area contributed by atoms with Gasteiger partial charge in [0.25, 0.3) is 0 Å². The maximum atomic E-state index is 12.3. The summed E-state index contributed by atoms with van der Waals surface area (Å²) < 4.78 is 26.9. The Hall–Kier alpha value is -2.07. The van der Waals surface area contributed by atoms with Crippen molar-refractivity contribution < 1.29 is 8.42 Å². The van der Waals surface area contributed by atoms with Crippen molar-refractivity contribution in [3.05, 3.63) is 58.6 Å². The first-order valence-electron chi connectivity index (χ1n) is 5.97. The van der Waals surface area contributed by atoms with E-state index >= 15 is 0 Å². The van der Waals surface area contributed by atoms with Crippen molar-refractivity contribution in [2.45, 2.75) is 11.4 Å². The lowest BCUT2D eigenvalue weighted by Crippen LogP contribution is -2.24. The van der Waals surface area contributed by atoms with Gasteiger partial charge < -0.3 is 5.73 Å². The van der Waals surface area contributed by atoms with Crippen LogP contribution in [0.15, 0.2) is 47.4 Å². The lowest BCUT2D eigenvalue weighted by atomic mass is 10.1. The van der Waals surface area contributed by atoms with Crippen molar-refractivity contribution in [2.75, 3.05) is 5.73 Å². The standard InChI is InChI=1S/C14H12ClN3O2S/c15-12-5-2-6-13(17)14(12)21(19,20)18-9-11-4-1-3-10(7-11)8-16/h1-7,18H,9,17H2. The van der Waals surface area contributed by atoms with Crippen LogP contribution in [0, 0.1) is 11.3 Å². The average Bonchev–Trinajstić information content (AvgIpc) is 2.45. The van der Waals surface area contributed by atoms with Gasteiger partial charge in [0, 0.05) is 6.54 Å². The Morgan fingerprint density at radius 3 is 2.62 bits per heavy atom. The first-order chi connectivity index (χ1) is 9.94. The molecule has 0 saturated carbocycles. The molecule has 3 N–H and O–H groups in total. The molecule has 0 spiro atoms. The lowest BCUT2D eigenvalue weighted by molar-refractivity contribution is 0.582. The molecule has 5 nitrogen and oxygen atoms in total. The number of nitrogens with zero attached hydrogens (tertiary/aromatic N) is 1. The molecule has 0 bridgehead atoms. The van der Waals surface area contributed by atoms with E-state index in [9.17, 15) is 8.42 Å². The number of nitrogen functional groups attached to an aromatic ring is 1. The highest BCUT2D eigenvalue weighted by molar-refractivity contribution is 7.89. The van der Waals surface area contributed by atoms with E-state index in [0.717, 1.165) is 0 Å². The summed E-state index contributed by atoms with van der Waals surface area (Å²) in [7, 11) is -3.83. The van der Waals surface area contributed by atoms with E-state index in [2.05, 4.69) is 4.72 Å². The second kappa shape index (κ2) is 6.14. The number of nitrogens with two attached hydrogens (primary N) is 1. The van der Waals surface area contributed by atoms with Gasteiger partial charge in [-0.3, -0.25) is 0 Å². The Morgan fingerprint density at radius 1 is 1.24 bits per heavy atom. The molecule has 2 aromatic rings. The Bertz CT molecular complexity index is 793. The first kappa shape index (κ1) is 15.3. The van der Waals surface area contributed by atoms with Crippen molar-refractivity contribution in [3.8, 4) is 6.07 Å². The predicted octanol–water partition coefficient (Wildman–Crippen LogP) is 2.27. The van der Waals surface area contributed by atoms with Gasteiger partial charge in [0.15, 0.2) is 0 Å². The minimum Gasteiger partial charge on any atom is -0.398 e. The second-order valence-electron chi connectivity index (χ2n) is 4.29. The maximum Gasteiger partial charge on any atom is 0.244 e. The number of hydrogen-bond donors (Lipinski definition) is 2. The second-order valence-corrected chi connectivity index (χ2v) is 6.41. The highest BCUT2D eigenvalue weighted by Gasteiger charge is 2.20. The van der Waals surface area contributed by atoms with E-state index in [1.54, 1.807) is 30.3 Å². The molecule has 0 radical (unpaired) electrons. The maximum absolute atomic E-state index is 12.3. The van der Waals surface area contributed by atoms with Crippen molar-refractivity contribution in [3.63, 3.8) is 0 Å². The van der Waals surface area contributed by atoms with Crippen LogP contribution in [0.2, 0.25) is 5.02 Å². The van der Waals surface area contributed by atoms with Crippen LogP contribution < -0.4 is 10.5 Å². The first-order valence-corrected chi connectivity index (χ1v) is 7.83. The normalized spacial score (nSPS) is 11.0. The summed E-state index contributed by atoms with van der Waals surface area (Å²) in [6.07, 6.45) is 0. The number of sulfonamides is 1. The summed E-state index contributed by atoms with van der Waals surface area (Å²) in [5.41, 5.74) is 6.89. The summed E-state index contributed by atoms with van der Waals surface area (Å²) in [5.74, 6) is 0. The summed E-state index contributed by atoms with van der Waals surface area (Å²) in [6, 6.07) is 13.2. The third-order valence-corrected chi connectivity index (χ3v) is 4.73. The molecule has 2 rings (SSSR count). The van der Waals surface area contributed by atoms with Crippen LogP contribution in [0.1, 0.15) is 11.1 Å². The van der Waals surface area contributed by atoms with Crippen LogP contribution in [-0.2, 0) is 16.6 Å². The van der Waals surface area contributed by atoms with Crippen LogP contribution in [0.5, 0.6) is 0 Å². The molecule has 0 aliphatic carbocycles. The minimum atomic E-state index is -3.83. The van der Waals surface area contributed by atoms with Gasteiger partial charge in [-0.2, -0.15) is 5.26 Å². The van der Waals surface area contributed by atoms with Gasteiger partial charge in [0.1, 0.15) is 4.90 Å². The monoisotopic (exact) mass is 321 g/mol. The smallest absolute Gasteiger partial charge is 0.244 e. The molecule has 0 saturated heterocycles. The highest BCUT2D eigenvalue weighted by Crippen LogP contribution is 2.26. The SMILES string of the molecule is N#Cc1cccc(CNS(=O)(=O)c2c(N)cccc2Cl)c1. The van der Waals surface area contributed by atoms with Gasteiger partial charge in [-0.15, -0.1) is 0 Å². The van der Waals surface area contributed by atoms with E-state index in [1.807, 2.05) is 6.07 Å². The van der Waals surface area contributed by atoms with E-state index < -0.39 is 10.0 Å². The number of hydrogen-bond acceptors (Lipinski definition) is 4. The van der Waals surface area contributed by atoms with Crippen LogP contribution >= 0.6 is 11.6 Å². The van der Waals surface area contributed by atoms with E-state index in [-0.39, 0.29) is 22.2 Å². The Kier molecular flexibility index (Phi) is 4.48. The summed E-state index contributed by atoms with van der Waals surface area (Å²) in [6.45, 7) is 0.0442. The number of nitriles is 1. The van der Waals surface area contributed by atoms with Crippen molar-refractivity contribution in [1.82, 2.24) is 4.72 Å². The quantitative estimate of drug-likeness (QED) is 0.844. The topological polar surface area (TPSA) is 96.0 Å². The molecule has 7 heteroatoms. The van der Waals surface area contributed by atoms with E-state index in [1.165, 1.54) is 12.1 Å². The van der Waals surface area contributed by atoms with Crippen molar-refractivity contribution >= 4 is 27.3 Å². The third-order valence-electron chi connectivity index (χ3n) is 2.79. The molecule has 0 unspecified atom stereocenters. The van der Waals surface area contributed by atoms with Crippen LogP contribution in [0.3, 0.4) is 0 Å². The third kappa shape index (κ3) is 3.52. The number of benzene rings is 2. The number of nitrogens with one attached hydrogen (secondary N) is 1. The average molecular weight is 322 g/mol.